The van der Waals surface area contributed by atoms with E-state index in [9.17, 15) is 9.59 Å². The molecule has 1 aromatic rings. The third-order valence-electron chi connectivity index (χ3n) is 3.57. The Bertz CT molecular complexity index is 653. The molecule has 0 spiro atoms. The number of thiocarbonyl (C=S) groups is 1. The first-order chi connectivity index (χ1) is 11.5. The monoisotopic (exact) mass is 363 g/mol. The number of esters is 1. The van der Waals surface area contributed by atoms with Gasteiger partial charge in [-0.1, -0.05) is 62.1 Å². The van der Waals surface area contributed by atoms with Crippen molar-refractivity contribution in [1.29, 1.82) is 0 Å². The molecule has 1 aromatic carbocycles. The van der Waals surface area contributed by atoms with Crippen molar-refractivity contribution < 1.29 is 14.3 Å². The minimum Gasteiger partial charge on any atom is -0.466 e. The van der Waals surface area contributed by atoms with Crippen LogP contribution in [0, 0.1) is 0 Å². The summed E-state index contributed by atoms with van der Waals surface area (Å²) in [6.07, 6.45) is 3.77. The van der Waals surface area contributed by atoms with Crippen LogP contribution in [0.1, 0.15) is 37.8 Å². The lowest BCUT2D eigenvalue weighted by molar-refractivity contribution is -0.143. The maximum Gasteiger partial charge on any atom is 0.307 e. The second-order valence-electron chi connectivity index (χ2n) is 5.40. The van der Waals surface area contributed by atoms with Gasteiger partial charge in [0, 0.05) is 6.54 Å². The Morgan fingerprint density at radius 3 is 2.62 bits per heavy atom. The number of rotatable bonds is 7. The van der Waals surface area contributed by atoms with Crippen LogP contribution in [-0.2, 0) is 20.7 Å². The second kappa shape index (κ2) is 8.99. The number of benzene rings is 1. The normalized spacial score (nSPS) is 16.1. The largest absolute Gasteiger partial charge is 0.466 e. The molecule has 4 nitrogen and oxygen atoms in total. The van der Waals surface area contributed by atoms with E-state index < -0.39 is 0 Å². The van der Waals surface area contributed by atoms with Gasteiger partial charge in [-0.05, 0) is 30.0 Å². The van der Waals surface area contributed by atoms with E-state index in [-0.39, 0.29) is 24.8 Å². The van der Waals surface area contributed by atoms with Crippen molar-refractivity contribution in [3.63, 3.8) is 0 Å². The fourth-order valence-electron chi connectivity index (χ4n) is 2.18. The van der Waals surface area contributed by atoms with Gasteiger partial charge in [0.2, 0.25) is 0 Å². The van der Waals surface area contributed by atoms with Crippen molar-refractivity contribution in [2.45, 2.75) is 33.1 Å². The molecular formula is C18H21NO3S2. The summed E-state index contributed by atoms with van der Waals surface area (Å²) in [5, 5.41) is 0. The Hall–Kier alpha value is -1.66. The molecule has 1 fully saturated rings. The highest BCUT2D eigenvalue weighted by atomic mass is 32.2. The van der Waals surface area contributed by atoms with Gasteiger partial charge in [-0.2, -0.15) is 0 Å². The van der Waals surface area contributed by atoms with Gasteiger partial charge in [0.15, 0.2) is 0 Å². The van der Waals surface area contributed by atoms with Crippen LogP contribution in [0.3, 0.4) is 0 Å². The van der Waals surface area contributed by atoms with E-state index in [0.29, 0.717) is 15.8 Å². The number of hydrogen-bond acceptors (Lipinski definition) is 5. The summed E-state index contributed by atoms with van der Waals surface area (Å²) in [5.74, 6) is -0.446. The lowest BCUT2D eigenvalue weighted by atomic mass is 10.1. The third-order valence-corrected chi connectivity index (χ3v) is 4.94. The fourth-order valence-corrected chi connectivity index (χ4v) is 3.49. The highest BCUT2D eigenvalue weighted by Crippen LogP contribution is 2.32. The minimum absolute atomic E-state index is 0.146. The summed E-state index contributed by atoms with van der Waals surface area (Å²) in [6.45, 7) is 4.71. The number of aryl methyl sites for hydroxylation is 1. The first-order valence-electron chi connectivity index (χ1n) is 8.05. The van der Waals surface area contributed by atoms with Gasteiger partial charge < -0.3 is 4.74 Å². The molecule has 1 heterocycles. The van der Waals surface area contributed by atoms with Crippen molar-refractivity contribution in [2.75, 3.05) is 13.2 Å². The lowest BCUT2D eigenvalue weighted by Crippen LogP contribution is -2.30. The molecule has 0 aromatic heterocycles. The van der Waals surface area contributed by atoms with Gasteiger partial charge in [-0.25, -0.2) is 0 Å². The average molecular weight is 364 g/mol. The predicted octanol–water partition coefficient (Wildman–Crippen LogP) is 3.79. The molecule has 0 unspecified atom stereocenters. The fraction of sp³-hybridized carbons (Fsp3) is 0.389. The van der Waals surface area contributed by atoms with Gasteiger partial charge in [0.1, 0.15) is 4.32 Å². The first kappa shape index (κ1) is 18.7. The van der Waals surface area contributed by atoms with E-state index in [4.69, 9.17) is 17.0 Å². The summed E-state index contributed by atoms with van der Waals surface area (Å²) in [5.41, 5.74) is 2.22. The molecule has 1 saturated heterocycles. The molecule has 0 radical (unpaired) electrons. The number of amides is 1. The molecule has 0 saturated carbocycles. The zero-order valence-corrected chi connectivity index (χ0v) is 15.5. The van der Waals surface area contributed by atoms with Crippen LogP contribution in [-0.4, -0.2) is 34.2 Å². The highest BCUT2D eigenvalue weighted by molar-refractivity contribution is 8.26. The van der Waals surface area contributed by atoms with Crippen LogP contribution in [0.4, 0.5) is 0 Å². The van der Waals surface area contributed by atoms with Crippen LogP contribution >= 0.6 is 24.0 Å². The van der Waals surface area contributed by atoms with Gasteiger partial charge in [0.25, 0.3) is 5.91 Å². The molecule has 128 valence electrons. The van der Waals surface area contributed by atoms with E-state index in [2.05, 4.69) is 19.1 Å². The molecule has 24 heavy (non-hydrogen) atoms. The minimum atomic E-state index is -0.301. The molecule has 0 aliphatic carbocycles. The van der Waals surface area contributed by atoms with Crippen LogP contribution in [0.2, 0.25) is 0 Å². The zero-order valence-electron chi connectivity index (χ0n) is 13.9. The Morgan fingerprint density at radius 2 is 2.00 bits per heavy atom. The SMILES string of the molecule is CCCOC(=O)CCN1C(=O)/C(=C/c2ccc(CC)cc2)SC1=S. The standard InChI is InChI=1S/C18H21NO3S2/c1-3-11-22-16(20)9-10-19-17(21)15(24-18(19)23)12-14-7-5-13(4-2)6-8-14/h5-8,12H,3-4,9-11H2,1-2H3/b15-12-. The Balaban J connectivity index is 1.99. The summed E-state index contributed by atoms with van der Waals surface area (Å²) in [6, 6.07) is 8.09. The van der Waals surface area contributed by atoms with Crippen molar-refractivity contribution in [1.82, 2.24) is 4.90 Å². The quantitative estimate of drug-likeness (QED) is 0.419. The molecule has 0 bridgehead atoms. The zero-order chi connectivity index (χ0) is 17.5. The summed E-state index contributed by atoms with van der Waals surface area (Å²) >= 11 is 6.54. The average Bonchev–Trinajstić information content (AvgIpc) is 2.85. The van der Waals surface area contributed by atoms with Gasteiger partial charge in [-0.3, -0.25) is 14.5 Å². The topological polar surface area (TPSA) is 46.6 Å². The van der Waals surface area contributed by atoms with Crippen LogP contribution in [0.15, 0.2) is 29.2 Å². The molecular weight excluding hydrogens is 342 g/mol. The van der Waals surface area contributed by atoms with E-state index >= 15 is 0 Å². The van der Waals surface area contributed by atoms with Crippen LogP contribution in [0.5, 0.6) is 0 Å². The first-order valence-corrected chi connectivity index (χ1v) is 9.27. The molecule has 2 rings (SSSR count). The summed E-state index contributed by atoms with van der Waals surface area (Å²) in [7, 11) is 0. The molecule has 6 heteroatoms. The molecule has 0 atom stereocenters. The van der Waals surface area contributed by atoms with Gasteiger partial charge in [0.05, 0.1) is 17.9 Å². The number of thioether (sulfide) groups is 1. The summed E-state index contributed by atoms with van der Waals surface area (Å²) < 4.78 is 5.51. The molecule has 1 amide bonds. The number of nitrogens with zero attached hydrogens (tertiary/aromatic N) is 1. The Labute approximate surface area is 152 Å². The maximum atomic E-state index is 12.5. The number of hydrogen-bond donors (Lipinski definition) is 0. The van der Waals surface area contributed by atoms with Gasteiger partial charge in [-0.15, -0.1) is 0 Å². The maximum absolute atomic E-state index is 12.5. The molecule has 1 aliphatic heterocycles. The number of ether oxygens (including phenoxy) is 1. The molecule has 1 aliphatic rings. The third kappa shape index (κ3) is 4.92. The summed E-state index contributed by atoms with van der Waals surface area (Å²) in [4.78, 5) is 26.1. The van der Waals surface area contributed by atoms with Crippen LogP contribution < -0.4 is 0 Å². The van der Waals surface area contributed by atoms with Crippen molar-refractivity contribution >= 4 is 46.3 Å². The Kier molecular flexibility index (Phi) is 6.99. The van der Waals surface area contributed by atoms with E-state index in [1.54, 1.807) is 0 Å². The highest BCUT2D eigenvalue weighted by Gasteiger charge is 2.32. The predicted molar refractivity (Wildman–Crippen MR) is 102 cm³/mol. The number of carbonyl (C=O) groups excluding carboxylic acids is 2. The lowest BCUT2D eigenvalue weighted by Gasteiger charge is -2.13. The van der Waals surface area contributed by atoms with Crippen molar-refractivity contribution in [2.24, 2.45) is 0 Å². The smallest absolute Gasteiger partial charge is 0.307 e. The van der Waals surface area contributed by atoms with Crippen LogP contribution in [0.25, 0.3) is 6.08 Å². The van der Waals surface area contributed by atoms with E-state index in [0.717, 1.165) is 18.4 Å². The number of carbonyl (C=O) groups is 2. The van der Waals surface area contributed by atoms with Crippen molar-refractivity contribution in [3.8, 4) is 0 Å². The van der Waals surface area contributed by atoms with E-state index in [1.165, 1.54) is 22.2 Å². The molecule has 0 N–H and O–H groups in total. The Morgan fingerprint density at radius 1 is 1.29 bits per heavy atom. The van der Waals surface area contributed by atoms with E-state index in [1.807, 2.05) is 25.1 Å². The van der Waals surface area contributed by atoms with Crippen molar-refractivity contribution in [3.05, 3.63) is 40.3 Å². The second-order valence-corrected chi connectivity index (χ2v) is 7.07. The van der Waals surface area contributed by atoms with Gasteiger partial charge >= 0.3 is 5.97 Å².